The molecule has 0 saturated heterocycles. The fourth-order valence-electron chi connectivity index (χ4n) is 2.87. The molecule has 2 aromatic carbocycles. The molecule has 0 aliphatic rings. The number of hydrogen-bond acceptors (Lipinski definition) is 4. The van der Waals surface area contributed by atoms with Gasteiger partial charge in [0.2, 0.25) is 0 Å². The Balaban J connectivity index is 1.88. The molecule has 0 radical (unpaired) electrons. The van der Waals surface area contributed by atoms with E-state index in [0.29, 0.717) is 22.9 Å². The van der Waals surface area contributed by atoms with Crippen LogP contribution < -0.4 is 11.0 Å². The summed E-state index contributed by atoms with van der Waals surface area (Å²) in [6, 6.07) is 12.7. The number of halogens is 1. The van der Waals surface area contributed by atoms with Crippen LogP contribution in [-0.4, -0.2) is 21.9 Å². The zero-order valence-corrected chi connectivity index (χ0v) is 15.6. The number of fused-ring (bicyclic) bond motifs is 1. The molecule has 0 atom stereocenters. The monoisotopic (exact) mass is 380 g/mol. The van der Waals surface area contributed by atoms with E-state index in [1.807, 2.05) is 0 Å². The number of unbranched alkanes of at least 4 members (excludes halogenated alkanes) is 2. The van der Waals surface area contributed by atoms with Crippen molar-refractivity contribution in [2.24, 2.45) is 5.10 Å². The highest BCUT2D eigenvalue weighted by Gasteiger charge is 2.16. The summed E-state index contributed by atoms with van der Waals surface area (Å²) in [5.74, 6) is -0.921. The van der Waals surface area contributed by atoms with Gasteiger partial charge in [0.1, 0.15) is 5.82 Å². The predicted molar refractivity (Wildman–Crippen MR) is 107 cm³/mol. The van der Waals surface area contributed by atoms with Gasteiger partial charge < -0.3 is 0 Å². The number of rotatable bonds is 7. The molecule has 0 aliphatic heterocycles. The maximum atomic E-state index is 13.2. The molecule has 7 heteroatoms. The molecule has 0 spiro atoms. The van der Waals surface area contributed by atoms with Gasteiger partial charge in [0.15, 0.2) is 5.69 Å². The second-order valence-corrected chi connectivity index (χ2v) is 6.38. The van der Waals surface area contributed by atoms with Gasteiger partial charge in [-0.05, 0) is 30.2 Å². The average Bonchev–Trinajstić information content (AvgIpc) is 2.70. The van der Waals surface area contributed by atoms with E-state index in [1.54, 1.807) is 36.4 Å². The number of hydrogen-bond donors (Lipinski definition) is 1. The molecular weight excluding hydrogens is 359 g/mol. The summed E-state index contributed by atoms with van der Waals surface area (Å²) in [4.78, 5) is 25.3. The smallest absolute Gasteiger partial charge is 0.267 e. The van der Waals surface area contributed by atoms with Crippen molar-refractivity contribution in [2.45, 2.75) is 32.7 Å². The van der Waals surface area contributed by atoms with Crippen molar-refractivity contribution in [3.63, 3.8) is 0 Å². The van der Waals surface area contributed by atoms with Crippen molar-refractivity contribution < 1.29 is 9.18 Å². The molecule has 1 N–H and O–H groups in total. The van der Waals surface area contributed by atoms with Gasteiger partial charge in [-0.25, -0.2) is 14.5 Å². The second-order valence-electron chi connectivity index (χ2n) is 6.38. The first-order valence-electron chi connectivity index (χ1n) is 9.19. The van der Waals surface area contributed by atoms with Gasteiger partial charge in [0.05, 0.1) is 11.6 Å². The van der Waals surface area contributed by atoms with Crippen molar-refractivity contribution in [2.75, 3.05) is 0 Å². The molecule has 1 aromatic heterocycles. The molecule has 0 aliphatic carbocycles. The van der Waals surface area contributed by atoms with E-state index in [4.69, 9.17) is 0 Å². The van der Waals surface area contributed by atoms with Crippen LogP contribution in [-0.2, 0) is 6.54 Å². The Morgan fingerprint density at radius 1 is 1.18 bits per heavy atom. The Morgan fingerprint density at radius 3 is 2.71 bits per heavy atom. The molecule has 0 fully saturated rings. The lowest BCUT2D eigenvalue weighted by Crippen LogP contribution is -2.29. The number of carbonyl (C=O) groups is 1. The van der Waals surface area contributed by atoms with E-state index in [1.165, 1.54) is 23.0 Å². The van der Waals surface area contributed by atoms with Gasteiger partial charge in [-0.15, -0.1) is 0 Å². The Morgan fingerprint density at radius 2 is 1.96 bits per heavy atom. The van der Waals surface area contributed by atoms with Crippen molar-refractivity contribution in [1.29, 1.82) is 0 Å². The van der Waals surface area contributed by atoms with Crippen LogP contribution in [0.5, 0.6) is 0 Å². The van der Waals surface area contributed by atoms with E-state index < -0.39 is 5.91 Å². The van der Waals surface area contributed by atoms with Crippen LogP contribution in [0.2, 0.25) is 0 Å². The number of carbonyl (C=O) groups excluding carboxylic acids is 1. The quantitative estimate of drug-likeness (QED) is 0.387. The molecule has 0 unspecified atom stereocenters. The summed E-state index contributed by atoms with van der Waals surface area (Å²) in [6.07, 6.45) is 4.14. The Labute approximate surface area is 161 Å². The lowest BCUT2D eigenvalue weighted by molar-refractivity contribution is 0.0949. The topological polar surface area (TPSA) is 76.3 Å². The van der Waals surface area contributed by atoms with Crippen molar-refractivity contribution in [3.05, 3.63) is 76.0 Å². The maximum absolute atomic E-state index is 13.2. The van der Waals surface area contributed by atoms with Gasteiger partial charge in [0.25, 0.3) is 11.5 Å². The predicted octanol–water partition coefficient (Wildman–Crippen LogP) is 3.49. The first-order valence-corrected chi connectivity index (χ1v) is 9.19. The second kappa shape index (κ2) is 9.03. The minimum atomic E-state index is -0.534. The van der Waals surface area contributed by atoms with Crippen molar-refractivity contribution in [1.82, 2.24) is 15.2 Å². The van der Waals surface area contributed by atoms with Crippen LogP contribution in [0.1, 0.15) is 42.2 Å². The number of aromatic nitrogens is 2. The minimum Gasteiger partial charge on any atom is -0.267 e. The molecule has 1 heterocycles. The summed E-state index contributed by atoms with van der Waals surface area (Å²) < 4.78 is 14.5. The number of aryl methyl sites for hydroxylation is 1. The first kappa shape index (κ1) is 19.4. The van der Waals surface area contributed by atoms with E-state index >= 15 is 0 Å². The zero-order valence-electron chi connectivity index (χ0n) is 15.6. The largest absolute Gasteiger partial charge is 0.292 e. The number of amides is 1. The molecule has 3 aromatic rings. The third-order valence-corrected chi connectivity index (χ3v) is 4.28. The summed E-state index contributed by atoms with van der Waals surface area (Å²) in [5.41, 5.74) is 2.83. The highest BCUT2D eigenvalue weighted by Crippen LogP contribution is 2.13. The van der Waals surface area contributed by atoms with Crippen LogP contribution in [0.25, 0.3) is 10.8 Å². The number of nitrogens with one attached hydrogen (secondary N) is 1. The molecule has 144 valence electrons. The summed E-state index contributed by atoms with van der Waals surface area (Å²) in [5, 5.41) is 9.05. The SMILES string of the molecule is CCCCCn1nc(C(=O)N/N=C\c2cccc(F)c2)c2ccccc2c1=O. The van der Waals surface area contributed by atoms with Crippen molar-refractivity contribution in [3.8, 4) is 0 Å². The molecule has 6 nitrogen and oxygen atoms in total. The van der Waals surface area contributed by atoms with Crippen LogP contribution in [0.4, 0.5) is 4.39 Å². The molecular formula is C21H21FN4O2. The third-order valence-electron chi connectivity index (χ3n) is 4.28. The van der Waals surface area contributed by atoms with Crippen LogP contribution in [0, 0.1) is 5.82 Å². The Kier molecular flexibility index (Phi) is 6.26. The number of benzene rings is 2. The molecule has 1 amide bonds. The molecule has 0 saturated carbocycles. The van der Waals surface area contributed by atoms with E-state index in [-0.39, 0.29) is 17.1 Å². The maximum Gasteiger partial charge on any atom is 0.292 e. The normalized spacial score (nSPS) is 11.2. The standard InChI is InChI=1S/C21H21FN4O2/c1-2-3-6-12-26-21(28)18-11-5-4-10-17(18)19(25-26)20(27)24-23-14-15-8-7-9-16(22)13-15/h4-5,7-11,13-14H,2-3,6,12H2,1H3,(H,24,27)/b23-14-. The van der Waals surface area contributed by atoms with Crippen molar-refractivity contribution >= 4 is 22.9 Å². The fraction of sp³-hybridized carbons (Fsp3) is 0.238. The summed E-state index contributed by atoms with van der Waals surface area (Å²) in [7, 11) is 0. The zero-order chi connectivity index (χ0) is 19.9. The van der Waals surface area contributed by atoms with Crippen LogP contribution in [0.15, 0.2) is 58.4 Å². The molecule has 28 heavy (non-hydrogen) atoms. The third kappa shape index (κ3) is 4.49. The lowest BCUT2D eigenvalue weighted by Gasteiger charge is -2.10. The van der Waals surface area contributed by atoms with Gasteiger partial charge in [-0.2, -0.15) is 10.2 Å². The fourth-order valence-corrected chi connectivity index (χ4v) is 2.87. The summed E-state index contributed by atoms with van der Waals surface area (Å²) in [6.45, 7) is 2.52. The highest BCUT2D eigenvalue weighted by atomic mass is 19.1. The van der Waals surface area contributed by atoms with Crippen LogP contribution >= 0.6 is 0 Å². The minimum absolute atomic E-state index is 0.128. The Hall–Kier alpha value is -3.35. The highest BCUT2D eigenvalue weighted by molar-refractivity contribution is 6.04. The molecule has 0 bridgehead atoms. The van der Waals surface area contributed by atoms with E-state index in [9.17, 15) is 14.0 Å². The van der Waals surface area contributed by atoms with Gasteiger partial charge in [0, 0.05) is 11.9 Å². The van der Waals surface area contributed by atoms with Crippen LogP contribution in [0.3, 0.4) is 0 Å². The van der Waals surface area contributed by atoms with E-state index in [0.717, 1.165) is 19.3 Å². The van der Waals surface area contributed by atoms with Gasteiger partial charge in [-0.1, -0.05) is 50.1 Å². The number of hydrazone groups is 1. The molecule has 3 rings (SSSR count). The number of nitrogens with zero attached hydrogens (tertiary/aromatic N) is 3. The van der Waals surface area contributed by atoms with Gasteiger partial charge >= 0.3 is 0 Å². The average molecular weight is 380 g/mol. The van der Waals surface area contributed by atoms with Gasteiger partial charge in [-0.3, -0.25) is 9.59 Å². The van der Waals surface area contributed by atoms with E-state index in [2.05, 4.69) is 22.5 Å². The Bertz CT molecular complexity index is 1080. The summed E-state index contributed by atoms with van der Waals surface area (Å²) >= 11 is 0. The lowest BCUT2D eigenvalue weighted by atomic mass is 10.1. The first-order chi connectivity index (χ1) is 13.6.